The summed E-state index contributed by atoms with van der Waals surface area (Å²) in [6.45, 7) is 3.52. The third-order valence-corrected chi connectivity index (χ3v) is 3.67. The molecule has 1 saturated heterocycles. The van der Waals surface area contributed by atoms with E-state index in [9.17, 15) is 4.79 Å². The molecule has 4 nitrogen and oxygen atoms in total. The molecule has 1 aliphatic rings. The fourth-order valence-corrected chi connectivity index (χ4v) is 2.36. The van der Waals surface area contributed by atoms with E-state index in [4.69, 9.17) is 5.73 Å². The van der Waals surface area contributed by atoms with Crippen molar-refractivity contribution in [2.75, 3.05) is 18.0 Å². The van der Waals surface area contributed by atoms with Gasteiger partial charge in [-0.25, -0.2) is 0 Å². The number of hydrogen-bond donors (Lipinski definition) is 2. The third kappa shape index (κ3) is 5.13. The molecule has 0 bridgehead atoms. The third-order valence-electron chi connectivity index (χ3n) is 3.14. The summed E-state index contributed by atoms with van der Waals surface area (Å²) in [6, 6.07) is 7.99. The summed E-state index contributed by atoms with van der Waals surface area (Å²) in [7, 11) is 0. The SMILES string of the molecule is C[C@@H](N)C(=O)NC1CCN(c2ccc(Br)cc2)C1.Cl.Cl. The second-order valence-electron chi connectivity index (χ2n) is 4.71. The van der Waals surface area contributed by atoms with E-state index in [0.717, 1.165) is 24.0 Å². The molecule has 0 aromatic heterocycles. The highest BCUT2D eigenvalue weighted by Gasteiger charge is 2.24. The number of anilines is 1. The smallest absolute Gasteiger partial charge is 0.236 e. The van der Waals surface area contributed by atoms with Crippen molar-refractivity contribution < 1.29 is 4.79 Å². The largest absolute Gasteiger partial charge is 0.369 e. The number of nitrogens with two attached hydrogens (primary N) is 1. The van der Waals surface area contributed by atoms with Gasteiger partial charge in [-0.2, -0.15) is 0 Å². The zero-order valence-corrected chi connectivity index (χ0v) is 14.4. The van der Waals surface area contributed by atoms with Crippen LogP contribution in [-0.2, 0) is 4.79 Å². The predicted octanol–water partition coefficient (Wildman–Crippen LogP) is 2.33. The number of hydrogen-bond acceptors (Lipinski definition) is 3. The number of nitrogens with one attached hydrogen (secondary N) is 1. The summed E-state index contributed by atoms with van der Waals surface area (Å²) < 4.78 is 1.08. The maximum Gasteiger partial charge on any atom is 0.236 e. The molecule has 1 heterocycles. The molecule has 114 valence electrons. The van der Waals surface area contributed by atoms with Crippen molar-refractivity contribution in [3.63, 3.8) is 0 Å². The molecule has 0 aliphatic carbocycles. The van der Waals surface area contributed by atoms with E-state index in [0.29, 0.717) is 0 Å². The minimum absolute atomic E-state index is 0. The van der Waals surface area contributed by atoms with Gasteiger partial charge in [-0.05, 0) is 37.6 Å². The van der Waals surface area contributed by atoms with Crippen LogP contribution in [0.3, 0.4) is 0 Å². The Morgan fingerprint density at radius 2 is 2.00 bits per heavy atom. The van der Waals surface area contributed by atoms with Gasteiger partial charge in [-0.15, -0.1) is 24.8 Å². The minimum Gasteiger partial charge on any atom is -0.369 e. The Morgan fingerprint density at radius 3 is 2.55 bits per heavy atom. The van der Waals surface area contributed by atoms with Gasteiger partial charge in [-0.3, -0.25) is 4.79 Å². The highest BCUT2D eigenvalue weighted by Crippen LogP contribution is 2.22. The number of benzene rings is 1. The van der Waals surface area contributed by atoms with Crippen LogP contribution in [0.4, 0.5) is 5.69 Å². The number of halogens is 3. The first-order valence-corrected chi connectivity index (χ1v) is 6.92. The second-order valence-corrected chi connectivity index (χ2v) is 5.62. The van der Waals surface area contributed by atoms with Crippen molar-refractivity contribution in [1.82, 2.24) is 5.32 Å². The number of amides is 1. The molecule has 0 radical (unpaired) electrons. The summed E-state index contributed by atoms with van der Waals surface area (Å²) >= 11 is 3.43. The van der Waals surface area contributed by atoms with Gasteiger partial charge in [0, 0.05) is 29.3 Å². The van der Waals surface area contributed by atoms with E-state index in [1.165, 1.54) is 5.69 Å². The molecule has 1 aliphatic heterocycles. The van der Waals surface area contributed by atoms with Gasteiger partial charge in [0.2, 0.25) is 5.91 Å². The van der Waals surface area contributed by atoms with Gasteiger partial charge in [0.15, 0.2) is 0 Å². The van der Waals surface area contributed by atoms with Gasteiger partial charge in [0.1, 0.15) is 0 Å². The van der Waals surface area contributed by atoms with Crippen LogP contribution < -0.4 is 16.0 Å². The van der Waals surface area contributed by atoms with Crippen LogP contribution in [0.2, 0.25) is 0 Å². The highest BCUT2D eigenvalue weighted by molar-refractivity contribution is 9.10. The Labute approximate surface area is 140 Å². The van der Waals surface area contributed by atoms with Crippen LogP contribution in [-0.4, -0.2) is 31.1 Å². The lowest BCUT2D eigenvalue weighted by atomic mass is 10.2. The molecule has 3 N–H and O–H groups in total. The number of rotatable bonds is 3. The first kappa shape index (κ1) is 19.5. The highest BCUT2D eigenvalue weighted by atomic mass is 79.9. The molecule has 20 heavy (non-hydrogen) atoms. The van der Waals surface area contributed by atoms with Crippen molar-refractivity contribution in [2.24, 2.45) is 5.73 Å². The molecule has 2 atom stereocenters. The van der Waals surface area contributed by atoms with E-state index in [1.54, 1.807) is 6.92 Å². The fourth-order valence-electron chi connectivity index (χ4n) is 2.10. The maximum atomic E-state index is 11.5. The Hall–Kier alpha value is -0.490. The van der Waals surface area contributed by atoms with E-state index in [-0.39, 0.29) is 36.8 Å². The summed E-state index contributed by atoms with van der Waals surface area (Å²) in [5.41, 5.74) is 6.74. The molecule has 2 rings (SSSR count). The molecule has 1 aromatic carbocycles. The van der Waals surface area contributed by atoms with Crippen molar-refractivity contribution in [1.29, 1.82) is 0 Å². The van der Waals surface area contributed by atoms with E-state index in [2.05, 4.69) is 38.3 Å². The number of carbonyl (C=O) groups excluding carboxylic acids is 1. The average Bonchev–Trinajstić information content (AvgIpc) is 2.78. The Bertz CT molecular complexity index is 428. The molecule has 7 heteroatoms. The quantitative estimate of drug-likeness (QED) is 0.840. The van der Waals surface area contributed by atoms with Crippen molar-refractivity contribution in [3.8, 4) is 0 Å². The molecule has 0 saturated carbocycles. The molecule has 0 spiro atoms. The summed E-state index contributed by atoms with van der Waals surface area (Å²) in [5, 5.41) is 2.97. The lowest BCUT2D eigenvalue weighted by Crippen LogP contribution is -2.44. The van der Waals surface area contributed by atoms with Gasteiger partial charge < -0.3 is 16.0 Å². The predicted molar refractivity (Wildman–Crippen MR) is 91.0 cm³/mol. The van der Waals surface area contributed by atoms with Crippen LogP contribution in [0, 0.1) is 0 Å². The topological polar surface area (TPSA) is 58.4 Å². The minimum atomic E-state index is -0.438. The monoisotopic (exact) mass is 383 g/mol. The summed E-state index contributed by atoms with van der Waals surface area (Å²) in [6.07, 6.45) is 0.967. The van der Waals surface area contributed by atoms with Crippen molar-refractivity contribution in [2.45, 2.75) is 25.4 Å². The zero-order chi connectivity index (χ0) is 13.1. The lowest BCUT2D eigenvalue weighted by Gasteiger charge is -2.19. The van der Waals surface area contributed by atoms with E-state index < -0.39 is 6.04 Å². The Kier molecular flexibility index (Phi) is 8.51. The normalized spacial score (nSPS) is 18.8. The standard InChI is InChI=1S/C13H18BrN3O.2ClH/c1-9(15)13(18)16-11-6-7-17(8-11)12-4-2-10(14)3-5-12;;/h2-5,9,11H,6-8,15H2,1H3,(H,16,18);2*1H/t9-,11?;;/m1../s1. The van der Waals surface area contributed by atoms with Crippen LogP contribution in [0.25, 0.3) is 0 Å². The molecular weight excluding hydrogens is 365 g/mol. The van der Waals surface area contributed by atoms with Crippen molar-refractivity contribution in [3.05, 3.63) is 28.7 Å². The lowest BCUT2D eigenvalue weighted by molar-refractivity contribution is -0.122. The van der Waals surface area contributed by atoms with Crippen LogP contribution in [0.5, 0.6) is 0 Å². The van der Waals surface area contributed by atoms with Crippen LogP contribution in [0.1, 0.15) is 13.3 Å². The molecular formula is C13H20BrCl2N3O. The van der Waals surface area contributed by atoms with Gasteiger partial charge >= 0.3 is 0 Å². The summed E-state index contributed by atoms with van der Waals surface area (Å²) in [5.74, 6) is -0.0716. The first-order chi connectivity index (χ1) is 8.56. The molecule has 1 amide bonds. The Balaban J connectivity index is 0.00000180. The van der Waals surface area contributed by atoms with Crippen LogP contribution >= 0.6 is 40.7 Å². The average molecular weight is 385 g/mol. The maximum absolute atomic E-state index is 11.5. The van der Waals surface area contributed by atoms with Gasteiger partial charge in [0.25, 0.3) is 0 Å². The number of nitrogens with zero attached hydrogens (tertiary/aromatic N) is 1. The van der Waals surface area contributed by atoms with E-state index in [1.807, 2.05) is 12.1 Å². The summed E-state index contributed by atoms with van der Waals surface area (Å²) in [4.78, 5) is 13.8. The van der Waals surface area contributed by atoms with Crippen molar-refractivity contribution >= 4 is 52.3 Å². The molecule has 1 aromatic rings. The fraction of sp³-hybridized carbons (Fsp3) is 0.462. The number of carbonyl (C=O) groups is 1. The van der Waals surface area contributed by atoms with Crippen LogP contribution in [0.15, 0.2) is 28.7 Å². The second kappa shape index (κ2) is 8.72. The van der Waals surface area contributed by atoms with Gasteiger partial charge in [-0.1, -0.05) is 15.9 Å². The zero-order valence-electron chi connectivity index (χ0n) is 11.2. The van der Waals surface area contributed by atoms with Gasteiger partial charge in [0.05, 0.1) is 6.04 Å². The molecule has 1 fully saturated rings. The first-order valence-electron chi connectivity index (χ1n) is 6.13. The molecule has 1 unspecified atom stereocenters. The van der Waals surface area contributed by atoms with E-state index >= 15 is 0 Å². The Morgan fingerprint density at radius 1 is 1.40 bits per heavy atom.